The van der Waals surface area contributed by atoms with Gasteiger partial charge in [-0.05, 0) is 17.0 Å². The fraction of sp³-hybridized carbons (Fsp3) is 0.545. The first-order chi connectivity index (χ1) is 8.13. The molecule has 0 aromatic carbocycles. The van der Waals surface area contributed by atoms with Crippen LogP contribution in [0.2, 0.25) is 0 Å². The van der Waals surface area contributed by atoms with Crippen molar-refractivity contribution in [2.24, 2.45) is 5.73 Å². The Morgan fingerprint density at radius 3 is 3.06 bits per heavy atom. The van der Waals surface area contributed by atoms with Crippen molar-refractivity contribution in [3.63, 3.8) is 0 Å². The van der Waals surface area contributed by atoms with Crippen LogP contribution in [0.15, 0.2) is 15.7 Å². The van der Waals surface area contributed by atoms with Crippen LogP contribution in [0.3, 0.4) is 0 Å². The van der Waals surface area contributed by atoms with E-state index in [1.54, 1.807) is 23.1 Å². The topological polar surface area (TPSA) is 61.5 Å². The van der Waals surface area contributed by atoms with E-state index in [9.17, 15) is 4.79 Å². The van der Waals surface area contributed by atoms with Crippen LogP contribution in [0.25, 0.3) is 0 Å². The quantitative estimate of drug-likeness (QED) is 0.851. The number of thiophene rings is 1. The van der Waals surface area contributed by atoms with E-state index >= 15 is 0 Å². The number of carbonyl (C=O) groups excluding carboxylic acids is 1. The zero-order chi connectivity index (χ0) is 12.4. The molecule has 3 atom stereocenters. The summed E-state index contributed by atoms with van der Waals surface area (Å²) in [5.41, 5.74) is 7.29. The maximum Gasteiger partial charge on any atom is 0.331 e. The first-order valence-electron chi connectivity index (χ1n) is 5.31. The molecule has 0 radical (unpaired) electrons. The Balaban J connectivity index is 2.06. The van der Waals surface area contributed by atoms with Gasteiger partial charge < -0.3 is 15.2 Å². The Morgan fingerprint density at radius 1 is 1.59 bits per heavy atom. The van der Waals surface area contributed by atoms with Gasteiger partial charge >= 0.3 is 5.97 Å². The number of rotatable bonds is 3. The molecule has 0 bridgehead atoms. The lowest BCUT2D eigenvalue weighted by atomic mass is 10.0. The molecule has 2 heterocycles. The second-order valence-electron chi connectivity index (χ2n) is 3.86. The van der Waals surface area contributed by atoms with Crippen molar-refractivity contribution < 1.29 is 14.3 Å². The zero-order valence-electron chi connectivity index (χ0n) is 9.71. The highest BCUT2D eigenvalue weighted by molar-refractivity contribution is 8.01. The zero-order valence-corrected chi connectivity index (χ0v) is 11.3. The molecule has 2 rings (SSSR count). The summed E-state index contributed by atoms with van der Waals surface area (Å²) in [5, 5.41) is 2.27. The van der Waals surface area contributed by atoms with E-state index in [0.717, 1.165) is 5.56 Å². The summed E-state index contributed by atoms with van der Waals surface area (Å²) in [6, 6.07) is 1.86. The number of esters is 1. The standard InChI is InChI=1S/C11H15NO3S2/c1-6-10(15-5-8(13)14-2)9(12)7-3-4-16-11(7)17-6/h3-4,6,9-10H,5,12H2,1-2H3/t6-,9?,10?/m0/s1. The van der Waals surface area contributed by atoms with Crippen LogP contribution in [-0.2, 0) is 14.3 Å². The second-order valence-corrected chi connectivity index (χ2v) is 6.43. The Kier molecular flexibility index (Phi) is 4.09. The van der Waals surface area contributed by atoms with Gasteiger partial charge in [0.1, 0.15) is 6.61 Å². The van der Waals surface area contributed by atoms with Gasteiger partial charge in [-0.2, -0.15) is 0 Å². The minimum absolute atomic E-state index is 0.0424. The molecule has 0 amide bonds. The molecule has 0 spiro atoms. The van der Waals surface area contributed by atoms with Crippen LogP contribution >= 0.6 is 23.1 Å². The van der Waals surface area contributed by atoms with E-state index < -0.39 is 0 Å². The molecule has 2 N–H and O–H groups in total. The number of ether oxygens (including phenoxy) is 2. The van der Waals surface area contributed by atoms with Gasteiger partial charge in [-0.25, -0.2) is 4.79 Å². The summed E-state index contributed by atoms with van der Waals surface area (Å²) >= 11 is 3.45. The van der Waals surface area contributed by atoms with Crippen LogP contribution in [0.1, 0.15) is 18.5 Å². The molecule has 6 heteroatoms. The molecular formula is C11H15NO3S2. The maximum absolute atomic E-state index is 11.1. The van der Waals surface area contributed by atoms with Crippen LogP contribution in [0.5, 0.6) is 0 Å². The van der Waals surface area contributed by atoms with Crippen molar-refractivity contribution in [1.82, 2.24) is 0 Å². The number of carbonyl (C=O) groups is 1. The molecule has 2 unspecified atom stereocenters. The number of hydrogen-bond acceptors (Lipinski definition) is 6. The van der Waals surface area contributed by atoms with Gasteiger partial charge in [-0.3, -0.25) is 0 Å². The van der Waals surface area contributed by atoms with Crippen molar-refractivity contribution in [2.45, 2.75) is 28.5 Å². The highest BCUT2D eigenvalue weighted by Crippen LogP contribution is 2.43. The predicted octanol–water partition coefficient (Wildman–Crippen LogP) is 1.80. The van der Waals surface area contributed by atoms with Crippen molar-refractivity contribution in [3.8, 4) is 0 Å². The molecule has 94 valence electrons. The second kappa shape index (κ2) is 5.39. The third-order valence-electron chi connectivity index (χ3n) is 2.75. The Labute approximate surface area is 108 Å². The monoisotopic (exact) mass is 273 g/mol. The lowest BCUT2D eigenvalue weighted by Gasteiger charge is -2.33. The highest BCUT2D eigenvalue weighted by atomic mass is 32.2. The van der Waals surface area contributed by atoms with Gasteiger partial charge in [0, 0.05) is 5.25 Å². The summed E-state index contributed by atoms with van der Waals surface area (Å²) in [4.78, 5) is 11.1. The van der Waals surface area contributed by atoms with Crippen LogP contribution in [0.4, 0.5) is 0 Å². The first-order valence-corrected chi connectivity index (χ1v) is 7.07. The van der Waals surface area contributed by atoms with E-state index in [0.29, 0.717) is 0 Å². The van der Waals surface area contributed by atoms with E-state index in [1.165, 1.54) is 11.3 Å². The van der Waals surface area contributed by atoms with Gasteiger partial charge in [0.2, 0.25) is 0 Å². The minimum Gasteiger partial charge on any atom is -0.467 e. The SMILES string of the molecule is COC(=O)COC1C(N)c2ccsc2S[C@H]1C. The summed E-state index contributed by atoms with van der Waals surface area (Å²) in [5.74, 6) is -0.370. The minimum atomic E-state index is -0.370. The van der Waals surface area contributed by atoms with E-state index in [1.807, 2.05) is 11.4 Å². The largest absolute Gasteiger partial charge is 0.467 e. The summed E-state index contributed by atoms with van der Waals surface area (Å²) in [7, 11) is 1.35. The Hall–Kier alpha value is -0.560. The van der Waals surface area contributed by atoms with E-state index in [-0.39, 0.29) is 30.0 Å². The smallest absolute Gasteiger partial charge is 0.331 e. The first kappa shape index (κ1) is 12.9. The fourth-order valence-corrected chi connectivity index (χ4v) is 4.40. The summed E-state index contributed by atoms with van der Waals surface area (Å²) in [6.45, 7) is 2.02. The highest BCUT2D eigenvalue weighted by Gasteiger charge is 2.34. The van der Waals surface area contributed by atoms with Crippen LogP contribution in [0, 0.1) is 0 Å². The van der Waals surface area contributed by atoms with Gasteiger partial charge in [0.15, 0.2) is 0 Å². The molecule has 1 aliphatic heterocycles. The number of thioether (sulfide) groups is 1. The van der Waals surface area contributed by atoms with Crippen molar-refractivity contribution in [1.29, 1.82) is 0 Å². The van der Waals surface area contributed by atoms with Gasteiger partial charge in [0.25, 0.3) is 0 Å². The van der Waals surface area contributed by atoms with Gasteiger partial charge in [-0.15, -0.1) is 23.1 Å². The third kappa shape index (κ3) is 2.65. The number of methoxy groups -OCH3 is 1. The Bertz CT molecular complexity index is 407. The maximum atomic E-state index is 11.1. The molecular weight excluding hydrogens is 258 g/mol. The molecule has 0 fully saturated rings. The molecule has 0 aliphatic carbocycles. The Morgan fingerprint density at radius 2 is 2.35 bits per heavy atom. The van der Waals surface area contributed by atoms with Gasteiger partial charge in [-0.1, -0.05) is 6.92 Å². The lowest BCUT2D eigenvalue weighted by Crippen LogP contribution is -2.39. The average molecular weight is 273 g/mol. The normalized spacial score (nSPS) is 27.6. The van der Waals surface area contributed by atoms with Gasteiger partial charge in [0.05, 0.1) is 23.5 Å². The predicted molar refractivity (Wildman–Crippen MR) is 68.3 cm³/mol. The van der Waals surface area contributed by atoms with Crippen molar-refractivity contribution in [2.75, 3.05) is 13.7 Å². The summed E-state index contributed by atoms with van der Waals surface area (Å²) in [6.07, 6.45) is -0.152. The molecule has 0 saturated heterocycles. The van der Waals surface area contributed by atoms with Crippen LogP contribution < -0.4 is 5.73 Å². The molecule has 1 aliphatic rings. The fourth-order valence-electron chi connectivity index (χ4n) is 1.82. The molecule has 17 heavy (non-hydrogen) atoms. The molecule has 0 saturated carbocycles. The lowest BCUT2D eigenvalue weighted by molar-refractivity contribution is -0.148. The van der Waals surface area contributed by atoms with Crippen LogP contribution in [-0.4, -0.2) is 31.0 Å². The van der Waals surface area contributed by atoms with Crippen molar-refractivity contribution in [3.05, 3.63) is 17.0 Å². The van der Waals surface area contributed by atoms with E-state index in [4.69, 9.17) is 10.5 Å². The molecule has 1 aromatic rings. The number of fused-ring (bicyclic) bond motifs is 1. The third-order valence-corrected chi connectivity index (χ3v) is 5.14. The number of hydrogen-bond donors (Lipinski definition) is 1. The van der Waals surface area contributed by atoms with E-state index in [2.05, 4.69) is 11.7 Å². The van der Waals surface area contributed by atoms with Crippen molar-refractivity contribution >= 4 is 29.1 Å². The molecule has 1 aromatic heterocycles. The molecule has 4 nitrogen and oxygen atoms in total. The number of nitrogens with two attached hydrogens (primary N) is 1. The average Bonchev–Trinajstić information content (AvgIpc) is 2.76. The summed E-state index contributed by atoms with van der Waals surface area (Å²) < 4.78 is 11.4.